The first-order chi connectivity index (χ1) is 3.41. The first-order valence-corrected chi connectivity index (χ1v) is 2.07. The molecule has 2 heteroatoms. The maximum absolute atomic E-state index is 8.04. The summed E-state index contributed by atoms with van der Waals surface area (Å²) in [4.78, 5) is 0. The van der Waals surface area contributed by atoms with Crippen LogP contribution < -0.4 is 5.73 Å². The normalized spacial score (nSPS) is 11.4. The smallest absolute Gasteiger partial charge is 0.0754 e. The molecule has 0 fully saturated rings. The van der Waals surface area contributed by atoms with Gasteiger partial charge in [-0.2, -0.15) is 0 Å². The third-order valence-electron chi connectivity index (χ3n) is 0.514. The Morgan fingerprint density at radius 1 is 1.43 bits per heavy atom. The van der Waals surface area contributed by atoms with Crippen LogP contribution in [-0.4, -0.2) is 5.11 Å². The van der Waals surface area contributed by atoms with Crippen LogP contribution in [0, 0.1) is 0 Å². The van der Waals surface area contributed by atoms with E-state index in [9.17, 15) is 0 Å². The zero-order valence-corrected chi connectivity index (χ0v) is 4.04. The van der Waals surface area contributed by atoms with Gasteiger partial charge in [-0.3, -0.25) is 0 Å². The van der Waals surface area contributed by atoms with Crippen LogP contribution in [0.4, 0.5) is 0 Å². The van der Waals surface area contributed by atoms with Crippen LogP contribution in [0.25, 0.3) is 0 Å². The Morgan fingerprint density at radius 3 is 2.57 bits per heavy atom. The highest BCUT2D eigenvalue weighted by molar-refractivity contribution is 4.86. The third kappa shape index (κ3) is 5.08. The Hall–Kier alpha value is -0.920. The van der Waals surface area contributed by atoms with Gasteiger partial charge in [-0.25, -0.2) is 0 Å². The zero-order valence-electron chi connectivity index (χ0n) is 4.04. The molecule has 0 aliphatic carbocycles. The fraction of sp³-hybridized carbons (Fsp3) is 0.200. The highest BCUT2D eigenvalue weighted by Crippen LogP contribution is 1.79. The van der Waals surface area contributed by atoms with Gasteiger partial charge in [-0.15, -0.1) is 0 Å². The van der Waals surface area contributed by atoms with Crippen LogP contribution in [0.15, 0.2) is 24.6 Å². The van der Waals surface area contributed by atoms with Crippen LogP contribution in [0.5, 0.6) is 0 Å². The van der Waals surface area contributed by atoms with Crippen molar-refractivity contribution < 1.29 is 5.11 Å². The molecule has 0 radical (unpaired) electrons. The predicted molar refractivity (Wildman–Crippen MR) is 29.7 cm³/mol. The number of rotatable bonds is 2. The molecule has 0 aliphatic heterocycles. The van der Waals surface area contributed by atoms with Crippen LogP contribution in [0.3, 0.4) is 0 Å². The quantitative estimate of drug-likeness (QED) is 0.505. The molecule has 0 saturated heterocycles. The average Bonchev–Trinajstić information content (AvgIpc) is 1.69. The standard InChI is InChI=1S/C5H9NO/c6-4-2-1-3-5-7/h2-5,7H,1,6H2. The SMILES string of the molecule is NC=CCC=CO. The molecule has 0 unspecified atom stereocenters. The fourth-order valence-corrected chi connectivity index (χ4v) is 0.218. The van der Waals surface area contributed by atoms with Crippen molar-refractivity contribution in [1.29, 1.82) is 0 Å². The van der Waals surface area contributed by atoms with Gasteiger partial charge in [0.2, 0.25) is 0 Å². The molecular weight excluding hydrogens is 90.1 g/mol. The van der Waals surface area contributed by atoms with E-state index in [-0.39, 0.29) is 0 Å². The van der Waals surface area contributed by atoms with Gasteiger partial charge in [0, 0.05) is 0 Å². The van der Waals surface area contributed by atoms with Gasteiger partial charge >= 0.3 is 0 Å². The zero-order chi connectivity index (χ0) is 5.54. The van der Waals surface area contributed by atoms with Gasteiger partial charge in [-0.05, 0) is 18.7 Å². The highest BCUT2D eigenvalue weighted by atomic mass is 16.2. The summed E-state index contributed by atoms with van der Waals surface area (Å²) in [6.07, 6.45) is 6.49. The van der Waals surface area contributed by atoms with E-state index >= 15 is 0 Å². The molecule has 0 heterocycles. The van der Waals surface area contributed by atoms with E-state index < -0.39 is 0 Å². The van der Waals surface area contributed by atoms with Crippen molar-refractivity contribution in [2.45, 2.75) is 6.42 Å². The minimum Gasteiger partial charge on any atom is -0.516 e. The molecule has 0 aliphatic rings. The summed E-state index contributed by atoms with van der Waals surface area (Å²) in [7, 11) is 0. The van der Waals surface area contributed by atoms with Crippen LogP contribution in [-0.2, 0) is 0 Å². The summed E-state index contributed by atoms with van der Waals surface area (Å²) in [6, 6.07) is 0. The number of aliphatic hydroxyl groups excluding tert-OH is 1. The molecule has 0 atom stereocenters. The Labute approximate surface area is 43.0 Å². The minimum atomic E-state index is 0.701. The van der Waals surface area contributed by atoms with Crippen molar-refractivity contribution in [2.75, 3.05) is 0 Å². The maximum atomic E-state index is 8.04. The lowest BCUT2D eigenvalue weighted by atomic mass is 10.4. The second-order valence-electron chi connectivity index (χ2n) is 1.05. The molecule has 0 bridgehead atoms. The fourth-order valence-electron chi connectivity index (χ4n) is 0.218. The van der Waals surface area contributed by atoms with Crippen LogP contribution in [0.2, 0.25) is 0 Å². The lowest BCUT2D eigenvalue weighted by Crippen LogP contribution is -1.73. The van der Waals surface area contributed by atoms with Gasteiger partial charge in [0.25, 0.3) is 0 Å². The van der Waals surface area contributed by atoms with Gasteiger partial charge in [0.15, 0.2) is 0 Å². The van der Waals surface area contributed by atoms with Crippen LogP contribution >= 0.6 is 0 Å². The van der Waals surface area contributed by atoms with E-state index in [0.29, 0.717) is 6.42 Å². The van der Waals surface area contributed by atoms with Crippen LogP contribution in [0.1, 0.15) is 6.42 Å². The molecule has 40 valence electrons. The lowest BCUT2D eigenvalue weighted by Gasteiger charge is -1.73. The maximum Gasteiger partial charge on any atom is 0.0754 e. The van der Waals surface area contributed by atoms with Crippen molar-refractivity contribution in [3.8, 4) is 0 Å². The summed E-state index contributed by atoms with van der Waals surface area (Å²) in [5, 5.41) is 8.04. The Morgan fingerprint density at radius 2 is 2.14 bits per heavy atom. The van der Waals surface area contributed by atoms with Gasteiger partial charge < -0.3 is 10.8 Å². The van der Waals surface area contributed by atoms with Crippen molar-refractivity contribution in [2.24, 2.45) is 5.73 Å². The van der Waals surface area contributed by atoms with E-state index in [4.69, 9.17) is 10.8 Å². The summed E-state index contributed by atoms with van der Waals surface area (Å²) >= 11 is 0. The highest BCUT2D eigenvalue weighted by Gasteiger charge is 1.62. The van der Waals surface area contributed by atoms with Crippen molar-refractivity contribution in [3.63, 3.8) is 0 Å². The molecule has 0 spiro atoms. The summed E-state index contributed by atoms with van der Waals surface area (Å²) in [5.74, 6) is 0. The molecule has 0 rings (SSSR count). The number of aliphatic hydroxyl groups is 1. The second-order valence-corrected chi connectivity index (χ2v) is 1.05. The Kier molecular flexibility index (Phi) is 4.41. The minimum absolute atomic E-state index is 0.701. The summed E-state index contributed by atoms with van der Waals surface area (Å²) in [5.41, 5.74) is 4.97. The second kappa shape index (κ2) is 5.08. The Bertz CT molecular complexity index is 66.1. The third-order valence-corrected chi connectivity index (χ3v) is 0.514. The molecule has 0 aromatic heterocycles. The number of nitrogens with two attached hydrogens (primary N) is 1. The van der Waals surface area contributed by atoms with E-state index in [1.165, 1.54) is 6.20 Å². The molecule has 3 N–H and O–H groups in total. The van der Waals surface area contributed by atoms with Crippen molar-refractivity contribution >= 4 is 0 Å². The number of hydrogen-bond donors (Lipinski definition) is 2. The lowest BCUT2D eigenvalue weighted by molar-refractivity contribution is 0.471. The number of allylic oxidation sites excluding steroid dienone is 2. The van der Waals surface area contributed by atoms with E-state index in [2.05, 4.69) is 0 Å². The van der Waals surface area contributed by atoms with Crippen molar-refractivity contribution in [1.82, 2.24) is 0 Å². The predicted octanol–water partition coefficient (Wildman–Crippen LogP) is 0.921. The van der Waals surface area contributed by atoms with Gasteiger partial charge in [-0.1, -0.05) is 6.08 Å². The molecular formula is C5H9NO. The molecule has 0 aromatic rings. The largest absolute Gasteiger partial charge is 0.516 e. The van der Waals surface area contributed by atoms with E-state index in [1.54, 1.807) is 12.2 Å². The van der Waals surface area contributed by atoms with E-state index in [0.717, 1.165) is 6.26 Å². The van der Waals surface area contributed by atoms with E-state index in [1.807, 2.05) is 0 Å². The average molecular weight is 99.1 g/mol. The number of hydrogen-bond acceptors (Lipinski definition) is 2. The molecule has 0 amide bonds. The first kappa shape index (κ1) is 6.08. The van der Waals surface area contributed by atoms with Gasteiger partial charge in [0.1, 0.15) is 0 Å². The molecule has 0 saturated carbocycles. The topological polar surface area (TPSA) is 46.2 Å². The summed E-state index contributed by atoms with van der Waals surface area (Å²) in [6.45, 7) is 0. The Balaban J connectivity index is 2.98. The monoisotopic (exact) mass is 99.1 g/mol. The molecule has 7 heavy (non-hydrogen) atoms. The molecule has 2 nitrogen and oxygen atoms in total. The first-order valence-electron chi connectivity index (χ1n) is 2.07. The van der Waals surface area contributed by atoms with Crippen molar-refractivity contribution in [3.05, 3.63) is 24.6 Å². The summed E-state index contributed by atoms with van der Waals surface area (Å²) < 4.78 is 0. The van der Waals surface area contributed by atoms with Gasteiger partial charge in [0.05, 0.1) is 6.26 Å². The molecule has 0 aromatic carbocycles.